The zero-order valence-electron chi connectivity index (χ0n) is 13.9. The lowest BCUT2D eigenvalue weighted by Crippen LogP contribution is -2.39. The summed E-state index contributed by atoms with van der Waals surface area (Å²) in [4.78, 5) is 24.4. The van der Waals surface area contributed by atoms with Gasteiger partial charge in [-0.2, -0.15) is 0 Å². The Labute approximate surface area is 148 Å². The minimum Gasteiger partial charge on any atom is -0.508 e. The van der Waals surface area contributed by atoms with E-state index in [0.29, 0.717) is 5.56 Å². The summed E-state index contributed by atoms with van der Waals surface area (Å²) >= 11 is 0. The van der Waals surface area contributed by atoms with Crippen molar-refractivity contribution in [2.45, 2.75) is 19.1 Å². The van der Waals surface area contributed by atoms with Crippen LogP contribution in [0.4, 0.5) is 0 Å². The molecule has 1 heterocycles. The Morgan fingerprint density at radius 3 is 2.46 bits per heavy atom. The van der Waals surface area contributed by atoms with E-state index in [9.17, 15) is 24.9 Å². The largest absolute Gasteiger partial charge is 0.508 e. The maximum atomic E-state index is 12.9. The van der Waals surface area contributed by atoms with Crippen LogP contribution in [-0.4, -0.2) is 40.3 Å². The third-order valence-electron chi connectivity index (χ3n) is 3.93. The van der Waals surface area contributed by atoms with Crippen LogP contribution in [0.25, 0.3) is 0 Å². The van der Waals surface area contributed by atoms with Gasteiger partial charge < -0.3 is 29.5 Å². The molecule has 8 nitrogen and oxygen atoms in total. The molecule has 0 radical (unpaired) electrons. The van der Waals surface area contributed by atoms with Crippen molar-refractivity contribution in [1.29, 1.82) is 0 Å². The zero-order chi connectivity index (χ0) is 19.0. The molecular weight excluding hydrogens is 344 g/mol. The van der Waals surface area contributed by atoms with Gasteiger partial charge in [0, 0.05) is 24.6 Å². The molecule has 26 heavy (non-hydrogen) atoms. The van der Waals surface area contributed by atoms with Crippen LogP contribution in [0.3, 0.4) is 0 Å². The summed E-state index contributed by atoms with van der Waals surface area (Å²) in [5, 5.41) is 29.0. The number of phenolic OH excluding ortho intramolecular Hbond substituents is 3. The topological polar surface area (TPSA) is 123 Å². The van der Waals surface area contributed by atoms with Gasteiger partial charge in [0.2, 0.25) is 11.9 Å². The molecule has 136 valence electrons. The van der Waals surface area contributed by atoms with Gasteiger partial charge in [-0.25, -0.2) is 0 Å². The second-order valence-corrected chi connectivity index (χ2v) is 5.70. The number of esters is 1. The van der Waals surface area contributed by atoms with Gasteiger partial charge in [0.25, 0.3) is 0 Å². The van der Waals surface area contributed by atoms with E-state index in [1.165, 1.54) is 37.4 Å². The number of hydrogen-bond acceptors (Lipinski definition) is 8. The Bertz CT molecular complexity index is 889. The van der Waals surface area contributed by atoms with Gasteiger partial charge in [-0.3, -0.25) is 9.59 Å². The van der Waals surface area contributed by atoms with Crippen molar-refractivity contribution in [1.82, 2.24) is 0 Å². The van der Waals surface area contributed by atoms with Gasteiger partial charge in [0.1, 0.15) is 22.8 Å². The second kappa shape index (κ2) is 6.47. The predicted molar refractivity (Wildman–Crippen MR) is 87.7 cm³/mol. The molecule has 0 saturated carbocycles. The molecule has 8 heteroatoms. The summed E-state index contributed by atoms with van der Waals surface area (Å²) < 4.78 is 16.1. The van der Waals surface area contributed by atoms with Crippen LogP contribution in [0, 0.1) is 0 Å². The highest BCUT2D eigenvalue weighted by molar-refractivity contribution is 6.06. The number of Topliss-reactive ketones (excluding diaryl/α,β-unsaturated/α-hetero) is 1. The smallest absolute Gasteiger partial charge is 0.303 e. The summed E-state index contributed by atoms with van der Waals surface area (Å²) in [7, 11) is 1.33. The Hall–Kier alpha value is -3.42. The van der Waals surface area contributed by atoms with E-state index >= 15 is 0 Å². The van der Waals surface area contributed by atoms with Gasteiger partial charge in [-0.1, -0.05) is 6.07 Å². The monoisotopic (exact) mass is 360 g/mol. The van der Waals surface area contributed by atoms with E-state index in [0.717, 1.165) is 6.92 Å². The Balaban J connectivity index is 2.14. The zero-order valence-corrected chi connectivity index (χ0v) is 13.9. The van der Waals surface area contributed by atoms with Crippen molar-refractivity contribution in [2.75, 3.05) is 7.11 Å². The van der Waals surface area contributed by atoms with Crippen molar-refractivity contribution in [3.63, 3.8) is 0 Å². The molecule has 1 aliphatic rings. The van der Waals surface area contributed by atoms with Crippen molar-refractivity contribution >= 4 is 11.8 Å². The number of hydrogen-bond donors (Lipinski definition) is 3. The molecule has 0 aliphatic carbocycles. The molecular formula is C18H16O8. The first-order chi connectivity index (χ1) is 12.3. The van der Waals surface area contributed by atoms with E-state index in [1.807, 2.05) is 0 Å². The molecule has 0 saturated heterocycles. The number of aromatic hydroxyl groups is 3. The number of rotatable bonds is 3. The van der Waals surface area contributed by atoms with Crippen LogP contribution in [0.15, 0.2) is 30.3 Å². The lowest BCUT2D eigenvalue weighted by atomic mass is 9.92. The number of carbonyl (C=O) groups is 2. The normalized spacial score (nSPS) is 18.6. The van der Waals surface area contributed by atoms with Crippen LogP contribution in [0.5, 0.6) is 28.7 Å². The summed E-state index contributed by atoms with van der Waals surface area (Å²) in [6, 6.07) is 6.34. The number of ether oxygens (including phenoxy) is 3. The van der Waals surface area contributed by atoms with Crippen molar-refractivity contribution in [3.05, 3.63) is 41.5 Å². The van der Waals surface area contributed by atoms with E-state index in [1.54, 1.807) is 0 Å². The molecule has 1 aliphatic heterocycles. The molecule has 0 bridgehead atoms. The molecule has 0 spiro atoms. The average Bonchev–Trinajstić information content (AvgIpc) is 2.58. The number of methoxy groups -OCH3 is 1. The van der Waals surface area contributed by atoms with E-state index < -0.39 is 29.7 Å². The highest BCUT2D eigenvalue weighted by Crippen LogP contribution is 2.44. The van der Waals surface area contributed by atoms with Crippen LogP contribution < -0.4 is 9.47 Å². The molecule has 3 N–H and O–H groups in total. The van der Waals surface area contributed by atoms with Crippen LogP contribution >= 0.6 is 0 Å². The molecule has 2 atom stereocenters. The molecule has 2 aromatic carbocycles. The summed E-state index contributed by atoms with van der Waals surface area (Å²) in [6.45, 7) is 1.15. The minimum atomic E-state index is -1.33. The molecule has 3 rings (SSSR count). The summed E-state index contributed by atoms with van der Waals surface area (Å²) in [6.07, 6.45) is -2.42. The lowest BCUT2D eigenvalue weighted by molar-refractivity contribution is -0.148. The Kier molecular flexibility index (Phi) is 4.33. The molecule has 0 aromatic heterocycles. The van der Waals surface area contributed by atoms with Gasteiger partial charge in [0.15, 0.2) is 17.6 Å². The van der Waals surface area contributed by atoms with E-state index in [2.05, 4.69) is 0 Å². The Morgan fingerprint density at radius 1 is 1.12 bits per heavy atom. The third kappa shape index (κ3) is 2.97. The molecule has 0 unspecified atom stereocenters. The maximum absolute atomic E-state index is 12.9. The van der Waals surface area contributed by atoms with Gasteiger partial charge in [0.05, 0.1) is 7.11 Å². The number of ketones is 1. The first-order valence-corrected chi connectivity index (χ1v) is 7.62. The maximum Gasteiger partial charge on any atom is 0.303 e. The van der Waals surface area contributed by atoms with Crippen LogP contribution in [-0.2, 0) is 9.53 Å². The fraction of sp³-hybridized carbons (Fsp3) is 0.222. The van der Waals surface area contributed by atoms with Crippen molar-refractivity contribution in [2.24, 2.45) is 0 Å². The fourth-order valence-electron chi connectivity index (χ4n) is 2.81. The highest BCUT2D eigenvalue weighted by atomic mass is 16.6. The molecule has 2 aromatic rings. The summed E-state index contributed by atoms with van der Waals surface area (Å²) in [5.74, 6) is -2.08. The number of fused-ring (bicyclic) bond motifs is 1. The molecule has 0 amide bonds. The molecule has 0 fully saturated rings. The number of carbonyl (C=O) groups excluding carboxylic acids is 2. The van der Waals surface area contributed by atoms with E-state index in [-0.39, 0.29) is 28.6 Å². The fourth-order valence-corrected chi connectivity index (χ4v) is 2.81. The van der Waals surface area contributed by atoms with Crippen LogP contribution in [0.2, 0.25) is 0 Å². The second-order valence-electron chi connectivity index (χ2n) is 5.70. The highest BCUT2D eigenvalue weighted by Gasteiger charge is 2.43. The lowest BCUT2D eigenvalue weighted by Gasteiger charge is -2.32. The van der Waals surface area contributed by atoms with Gasteiger partial charge >= 0.3 is 5.97 Å². The quantitative estimate of drug-likeness (QED) is 0.561. The standard InChI is InChI=1S/C18H16O8/c1-8(19)25-18-16(23)15-13(24-2)6-10(20)7-14(15)26-17(18)9-3-4-11(21)12(22)5-9/h3-7,17-18,20-22H,1-2H3/t17-,18+/m0/s1. The summed E-state index contributed by atoms with van der Waals surface area (Å²) in [5.41, 5.74) is 0.337. The Morgan fingerprint density at radius 2 is 1.85 bits per heavy atom. The van der Waals surface area contributed by atoms with Gasteiger partial charge in [-0.05, 0) is 12.1 Å². The van der Waals surface area contributed by atoms with E-state index in [4.69, 9.17) is 14.2 Å². The first-order valence-electron chi connectivity index (χ1n) is 7.62. The third-order valence-corrected chi connectivity index (χ3v) is 3.93. The number of benzene rings is 2. The van der Waals surface area contributed by atoms with Crippen LogP contribution in [0.1, 0.15) is 28.9 Å². The van der Waals surface area contributed by atoms with Gasteiger partial charge in [-0.15, -0.1) is 0 Å². The first kappa shape index (κ1) is 17.4. The minimum absolute atomic E-state index is 0.0378. The average molecular weight is 360 g/mol. The van der Waals surface area contributed by atoms with Crippen molar-refractivity contribution in [3.8, 4) is 28.7 Å². The SMILES string of the molecule is COc1cc(O)cc2c1C(=O)[C@@H](OC(C)=O)[C@H](c1ccc(O)c(O)c1)O2. The number of phenols is 3. The predicted octanol–water partition coefficient (Wildman–Crippen LogP) is 2.06. The van der Waals surface area contributed by atoms with Crippen molar-refractivity contribution < 1.29 is 39.1 Å².